The molecule has 1 heteroatoms. The molecule has 0 N–H and O–H groups in total. The highest BCUT2D eigenvalue weighted by atomic mass is 16.1. The van der Waals surface area contributed by atoms with Crippen LogP contribution in [0.2, 0.25) is 0 Å². The van der Waals surface area contributed by atoms with Crippen molar-refractivity contribution in [3.8, 4) is 0 Å². The summed E-state index contributed by atoms with van der Waals surface area (Å²) < 4.78 is 0. The van der Waals surface area contributed by atoms with E-state index in [1.807, 2.05) is 6.29 Å². The lowest BCUT2D eigenvalue weighted by molar-refractivity contribution is 0.421. The van der Waals surface area contributed by atoms with Crippen LogP contribution in [0.1, 0.15) is 32.6 Å². The van der Waals surface area contributed by atoms with Crippen molar-refractivity contribution in [2.24, 2.45) is 11.8 Å². The molecule has 1 radical (unpaired) electrons. The second-order valence-electron chi connectivity index (χ2n) is 3.02. The summed E-state index contributed by atoms with van der Waals surface area (Å²) in [6.07, 6.45) is 6.53. The van der Waals surface area contributed by atoms with Crippen LogP contribution in [0.25, 0.3) is 0 Å². The lowest BCUT2D eigenvalue weighted by atomic mass is 9.96. The van der Waals surface area contributed by atoms with Gasteiger partial charge < -0.3 is 0 Å². The van der Waals surface area contributed by atoms with Crippen LogP contribution < -0.4 is 0 Å². The van der Waals surface area contributed by atoms with E-state index in [1.54, 1.807) is 0 Å². The van der Waals surface area contributed by atoms with Crippen LogP contribution in [-0.4, -0.2) is 6.29 Å². The molecule has 0 spiro atoms. The Morgan fingerprint density at radius 1 is 1.56 bits per heavy atom. The Bertz CT molecular complexity index is 98.7. The maximum absolute atomic E-state index is 9.98. The molecule has 1 rings (SSSR count). The molecule has 9 heavy (non-hydrogen) atoms. The predicted molar refractivity (Wildman–Crippen MR) is 36.8 cm³/mol. The molecular weight excluding hydrogens is 112 g/mol. The smallest absolute Gasteiger partial charge is 0.198 e. The van der Waals surface area contributed by atoms with Gasteiger partial charge in [-0.05, 0) is 18.3 Å². The van der Waals surface area contributed by atoms with Crippen LogP contribution >= 0.6 is 0 Å². The molecule has 0 aromatic carbocycles. The van der Waals surface area contributed by atoms with Gasteiger partial charge in [-0.1, -0.05) is 19.8 Å². The minimum absolute atomic E-state index is 0.655. The quantitative estimate of drug-likeness (QED) is 0.551. The molecule has 0 saturated heterocycles. The molecule has 1 fully saturated rings. The van der Waals surface area contributed by atoms with E-state index in [1.165, 1.54) is 19.3 Å². The Hall–Kier alpha value is -0.330. The normalized spacial score (nSPS) is 34.8. The van der Waals surface area contributed by atoms with Crippen molar-refractivity contribution in [2.75, 3.05) is 0 Å². The first-order valence-electron chi connectivity index (χ1n) is 3.69. The molecule has 0 heterocycles. The molecule has 0 aromatic heterocycles. The third-order valence-corrected chi connectivity index (χ3v) is 2.38. The predicted octanol–water partition coefficient (Wildman–Crippen LogP) is 1.92. The topological polar surface area (TPSA) is 17.1 Å². The number of hydrogen-bond donors (Lipinski definition) is 0. The van der Waals surface area contributed by atoms with Gasteiger partial charge in [0.1, 0.15) is 0 Å². The molecule has 0 amide bonds. The van der Waals surface area contributed by atoms with Gasteiger partial charge in [0, 0.05) is 6.42 Å². The Morgan fingerprint density at radius 3 is 2.78 bits per heavy atom. The summed E-state index contributed by atoms with van der Waals surface area (Å²) in [5.74, 6) is 1.42. The lowest BCUT2D eigenvalue weighted by Crippen LogP contribution is -2.03. The fourth-order valence-corrected chi connectivity index (χ4v) is 1.63. The van der Waals surface area contributed by atoms with E-state index in [-0.39, 0.29) is 0 Å². The van der Waals surface area contributed by atoms with Gasteiger partial charge in [0.2, 0.25) is 0 Å². The van der Waals surface area contributed by atoms with E-state index < -0.39 is 0 Å². The summed E-state index contributed by atoms with van der Waals surface area (Å²) in [7, 11) is 0. The molecule has 1 nitrogen and oxygen atoms in total. The first-order chi connectivity index (χ1) is 4.34. The summed E-state index contributed by atoms with van der Waals surface area (Å²) in [6, 6.07) is 0. The Kier molecular flexibility index (Phi) is 2.26. The molecule has 0 bridgehead atoms. The molecule has 2 unspecified atom stereocenters. The van der Waals surface area contributed by atoms with E-state index in [4.69, 9.17) is 0 Å². The summed E-state index contributed by atoms with van der Waals surface area (Å²) in [4.78, 5) is 9.98. The van der Waals surface area contributed by atoms with Gasteiger partial charge in [-0.3, -0.25) is 4.79 Å². The van der Waals surface area contributed by atoms with Crippen molar-refractivity contribution < 1.29 is 4.79 Å². The molecule has 1 aliphatic carbocycles. The Morgan fingerprint density at radius 2 is 2.33 bits per heavy atom. The maximum atomic E-state index is 9.98. The molecule has 1 aliphatic rings. The van der Waals surface area contributed by atoms with Crippen molar-refractivity contribution >= 4 is 6.29 Å². The number of carbonyl (C=O) groups excluding carboxylic acids is 1. The monoisotopic (exact) mass is 125 g/mol. The summed E-state index contributed by atoms with van der Waals surface area (Å²) in [5.41, 5.74) is 0. The van der Waals surface area contributed by atoms with Crippen molar-refractivity contribution in [1.29, 1.82) is 0 Å². The first kappa shape index (κ1) is 6.79. The maximum Gasteiger partial charge on any atom is 0.198 e. The fourth-order valence-electron chi connectivity index (χ4n) is 1.63. The molecule has 2 atom stereocenters. The van der Waals surface area contributed by atoms with Gasteiger partial charge in [0.05, 0.1) is 0 Å². The molecule has 1 saturated carbocycles. The molecule has 51 valence electrons. The number of hydrogen-bond acceptors (Lipinski definition) is 1. The Balaban J connectivity index is 2.30. The highest BCUT2D eigenvalue weighted by Gasteiger charge is 2.22. The molecular formula is C8H13O. The average molecular weight is 125 g/mol. The minimum atomic E-state index is 0.655. The standard InChI is InChI=1S/C8H13O/c1-7-3-2-4-8(7)5-6-9/h7-8H,2-5H2,1H3. The zero-order valence-corrected chi connectivity index (χ0v) is 5.89. The highest BCUT2D eigenvalue weighted by molar-refractivity contribution is 5.50. The van der Waals surface area contributed by atoms with Gasteiger partial charge in [-0.25, -0.2) is 0 Å². The summed E-state index contributed by atoms with van der Waals surface area (Å²) in [5, 5.41) is 0. The van der Waals surface area contributed by atoms with E-state index in [2.05, 4.69) is 6.92 Å². The summed E-state index contributed by atoms with van der Waals surface area (Å²) in [6.45, 7) is 2.23. The number of rotatable bonds is 2. The Labute approximate surface area is 56.4 Å². The third-order valence-electron chi connectivity index (χ3n) is 2.38. The van der Waals surface area contributed by atoms with Crippen LogP contribution in [0.4, 0.5) is 0 Å². The lowest BCUT2D eigenvalue weighted by Gasteiger charge is -2.09. The second-order valence-corrected chi connectivity index (χ2v) is 3.02. The first-order valence-corrected chi connectivity index (χ1v) is 3.69. The highest BCUT2D eigenvalue weighted by Crippen LogP contribution is 2.32. The second kappa shape index (κ2) is 3.00. The van der Waals surface area contributed by atoms with Crippen molar-refractivity contribution in [3.63, 3.8) is 0 Å². The van der Waals surface area contributed by atoms with E-state index in [0.29, 0.717) is 12.3 Å². The summed E-state index contributed by atoms with van der Waals surface area (Å²) >= 11 is 0. The van der Waals surface area contributed by atoms with Gasteiger partial charge in [-0.15, -0.1) is 0 Å². The SMILES string of the molecule is CC1CCCC1C[C]=O. The minimum Gasteiger partial charge on any atom is -0.291 e. The van der Waals surface area contributed by atoms with Crippen LogP contribution in [0.3, 0.4) is 0 Å². The van der Waals surface area contributed by atoms with E-state index in [0.717, 1.165) is 5.92 Å². The van der Waals surface area contributed by atoms with Gasteiger partial charge in [0.25, 0.3) is 0 Å². The van der Waals surface area contributed by atoms with Crippen molar-refractivity contribution in [3.05, 3.63) is 0 Å². The molecule has 0 aliphatic heterocycles. The van der Waals surface area contributed by atoms with Gasteiger partial charge in [0.15, 0.2) is 6.29 Å². The van der Waals surface area contributed by atoms with Crippen LogP contribution in [0.5, 0.6) is 0 Å². The van der Waals surface area contributed by atoms with Crippen LogP contribution in [-0.2, 0) is 4.79 Å². The van der Waals surface area contributed by atoms with Crippen molar-refractivity contribution in [1.82, 2.24) is 0 Å². The van der Waals surface area contributed by atoms with Crippen LogP contribution in [0, 0.1) is 11.8 Å². The third kappa shape index (κ3) is 1.54. The van der Waals surface area contributed by atoms with Gasteiger partial charge in [-0.2, -0.15) is 0 Å². The van der Waals surface area contributed by atoms with E-state index in [9.17, 15) is 4.79 Å². The fraction of sp³-hybridized carbons (Fsp3) is 0.875. The van der Waals surface area contributed by atoms with Gasteiger partial charge >= 0.3 is 0 Å². The van der Waals surface area contributed by atoms with Crippen LogP contribution in [0.15, 0.2) is 0 Å². The van der Waals surface area contributed by atoms with Crippen molar-refractivity contribution in [2.45, 2.75) is 32.6 Å². The molecule has 0 aromatic rings. The van der Waals surface area contributed by atoms with E-state index >= 15 is 0 Å². The zero-order valence-electron chi connectivity index (χ0n) is 5.89. The average Bonchev–Trinajstić information content (AvgIpc) is 2.18. The largest absolute Gasteiger partial charge is 0.291 e. The zero-order chi connectivity index (χ0) is 6.69.